The van der Waals surface area contributed by atoms with Gasteiger partial charge in [-0.15, -0.1) is 0 Å². The lowest BCUT2D eigenvalue weighted by molar-refractivity contribution is -0.205. The second-order valence-corrected chi connectivity index (χ2v) is 12.2. The quantitative estimate of drug-likeness (QED) is 0.289. The van der Waals surface area contributed by atoms with E-state index in [9.17, 15) is 31.6 Å². The van der Waals surface area contributed by atoms with Crippen molar-refractivity contribution in [1.29, 1.82) is 0 Å². The van der Waals surface area contributed by atoms with E-state index in [-0.39, 0.29) is 18.8 Å². The molecular weight excluding hydrogens is 490 g/mol. The summed E-state index contributed by atoms with van der Waals surface area (Å²) in [6, 6.07) is 0. The van der Waals surface area contributed by atoms with Crippen molar-refractivity contribution in [2.24, 2.45) is 23.2 Å². The van der Waals surface area contributed by atoms with Gasteiger partial charge in [-0.2, -0.15) is 17.2 Å². The zero-order valence-electron chi connectivity index (χ0n) is 19.7. The molecule has 198 valence electrons. The molecule has 2 unspecified atom stereocenters. The molecule has 0 aliphatic heterocycles. The highest BCUT2D eigenvalue weighted by Crippen LogP contribution is 2.61. The number of carbonyl (C=O) groups excluding carboxylic acids is 3. The molecule has 1 N–H and O–H groups in total. The van der Waals surface area contributed by atoms with Gasteiger partial charge in [0, 0.05) is 0 Å². The fraction of sp³-hybridized carbons (Fsp3) is 0.870. The third-order valence-electron chi connectivity index (χ3n) is 8.48. The van der Waals surface area contributed by atoms with Crippen LogP contribution in [-0.4, -0.2) is 54.4 Å². The van der Waals surface area contributed by atoms with E-state index in [0.29, 0.717) is 25.7 Å². The first-order valence-electron chi connectivity index (χ1n) is 12.3. The summed E-state index contributed by atoms with van der Waals surface area (Å²) < 4.78 is 73.8. The Bertz CT molecular complexity index is 957. The van der Waals surface area contributed by atoms with Gasteiger partial charge in [0.15, 0.2) is 6.61 Å². The van der Waals surface area contributed by atoms with Crippen molar-refractivity contribution < 1.29 is 50.3 Å². The number of rotatable bonds is 8. The van der Waals surface area contributed by atoms with Gasteiger partial charge in [-0.05, 0) is 82.0 Å². The molecule has 2 atom stereocenters. The first-order valence-corrected chi connectivity index (χ1v) is 13.7. The molecule has 5 aliphatic rings. The number of ether oxygens (including phenoxy) is 3. The minimum atomic E-state index is -5.96. The molecule has 5 aliphatic carbocycles. The van der Waals surface area contributed by atoms with Crippen LogP contribution in [0.25, 0.3) is 0 Å². The van der Waals surface area contributed by atoms with E-state index >= 15 is 0 Å². The largest absolute Gasteiger partial charge is 0.465 e. The van der Waals surface area contributed by atoms with Gasteiger partial charge in [0.1, 0.15) is 11.7 Å². The average Bonchev–Trinajstić information content (AvgIpc) is 2.79. The lowest BCUT2D eigenvalue weighted by atomic mass is 9.48. The van der Waals surface area contributed by atoms with Crippen LogP contribution in [0.2, 0.25) is 0 Å². The first kappa shape index (κ1) is 26.2. The summed E-state index contributed by atoms with van der Waals surface area (Å²) in [6.45, 7) is 1.47. The summed E-state index contributed by atoms with van der Waals surface area (Å²) in [5.74, 6) is -4.19. The molecule has 12 heteroatoms. The van der Waals surface area contributed by atoms with Crippen molar-refractivity contribution in [3.63, 3.8) is 0 Å². The Morgan fingerprint density at radius 1 is 1.03 bits per heavy atom. The molecule has 0 amide bonds. The highest BCUT2D eigenvalue weighted by molar-refractivity contribution is 7.87. The highest BCUT2D eigenvalue weighted by atomic mass is 32.2. The second-order valence-electron chi connectivity index (χ2n) is 10.8. The predicted octanol–water partition coefficient (Wildman–Crippen LogP) is 3.40. The Balaban J connectivity index is 1.37. The van der Waals surface area contributed by atoms with Crippen LogP contribution in [0.1, 0.15) is 77.6 Å². The second kappa shape index (κ2) is 9.24. The third kappa shape index (κ3) is 4.92. The maximum atomic E-state index is 13.7. The molecule has 5 fully saturated rings. The van der Waals surface area contributed by atoms with Crippen molar-refractivity contribution in [2.45, 2.75) is 94.5 Å². The Kier molecular flexibility index (Phi) is 6.93. The molecule has 0 radical (unpaired) electrons. The van der Waals surface area contributed by atoms with Crippen LogP contribution in [0.3, 0.4) is 0 Å². The van der Waals surface area contributed by atoms with Crippen molar-refractivity contribution in [3.8, 4) is 0 Å². The maximum absolute atomic E-state index is 13.7. The van der Waals surface area contributed by atoms with Gasteiger partial charge >= 0.3 is 33.3 Å². The lowest BCUT2D eigenvalue weighted by Gasteiger charge is -2.57. The number of esters is 3. The molecule has 5 saturated carbocycles. The molecule has 0 aromatic rings. The van der Waals surface area contributed by atoms with E-state index in [1.165, 1.54) is 0 Å². The minimum absolute atomic E-state index is 0.106. The molecule has 4 bridgehead atoms. The zero-order valence-corrected chi connectivity index (χ0v) is 20.5. The summed E-state index contributed by atoms with van der Waals surface area (Å²) in [5.41, 5.74) is -1.41. The topological polar surface area (TPSA) is 133 Å². The van der Waals surface area contributed by atoms with Crippen molar-refractivity contribution >= 4 is 28.0 Å². The molecule has 0 spiro atoms. The number of alkyl halides is 2. The monoisotopic (exact) mass is 522 g/mol. The van der Waals surface area contributed by atoms with E-state index in [0.717, 1.165) is 32.1 Å². The van der Waals surface area contributed by atoms with Gasteiger partial charge in [-0.25, -0.2) is 9.59 Å². The fourth-order valence-electron chi connectivity index (χ4n) is 6.99. The molecular formula is C23H32F2O9S. The van der Waals surface area contributed by atoms with E-state index in [4.69, 9.17) is 18.8 Å². The van der Waals surface area contributed by atoms with Gasteiger partial charge in [0.05, 0.1) is 5.41 Å². The Morgan fingerprint density at radius 3 is 2.17 bits per heavy atom. The zero-order chi connectivity index (χ0) is 25.6. The molecule has 9 nitrogen and oxygen atoms in total. The van der Waals surface area contributed by atoms with Crippen molar-refractivity contribution in [1.82, 2.24) is 0 Å². The van der Waals surface area contributed by atoms with Gasteiger partial charge in [-0.3, -0.25) is 9.35 Å². The van der Waals surface area contributed by atoms with Crippen molar-refractivity contribution in [2.75, 3.05) is 6.61 Å². The molecule has 35 heavy (non-hydrogen) atoms. The molecule has 0 heterocycles. The highest BCUT2D eigenvalue weighted by Gasteiger charge is 2.62. The van der Waals surface area contributed by atoms with Crippen LogP contribution in [0.4, 0.5) is 8.78 Å². The minimum Gasteiger partial charge on any atom is -0.457 e. The van der Waals surface area contributed by atoms with Gasteiger partial charge in [0.2, 0.25) is 0 Å². The van der Waals surface area contributed by atoms with Crippen LogP contribution in [0.15, 0.2) is 0 Å². The Morgan fingerprint density at radius 2 is 1.63 bits per heavy atom. The Labute approximate surface area is 203 Å². The standard InChI is InChI=1S/C23H32F2O9S/c1-2-22(6-4-3-5-7-22)34-17(26)13-32-19(27)21-10-14-8-15(11-21)18(16(9-14)12-21)33-20(28)23(24,25)35(29,30)31/h14-16,18H,2-13H2,1H3,(H,29,30,31). The van der Waals surface area contributed by atoms with Crippen LogP contribution < -0.4 is 0 Å². The lowest BCUT2D eigenvalue weighted by Crippen LogP contribution is -2.58. The van der Waals surface area contributed by atoms with Crippen LogP contribution in [-0.2, 0) is 38.7 Å². The molecule has 0 saturated heterocycles. The van der Waals surface area contributed by atoms with Gasteiger partial charge < -0.3 is 14.2 Å². The molecule has 0 aromatic carbocycles. The van der Waals surface area contributed by atoms with E-state index in [1.54, 1.807) is 0 Å². The van der Waals surface area contributed by atoms with E-state index < -0.39 is 68.8 Å². The molecule has 5 rings (SSSR count). The summed E-state index contributed by atoms with van der Waals surface area (Å²) in [4.78, 5) is 37.4. The summed E-state index contributed by atoms with van der Waals surface area (Å²) in [7, 11) is -5.96. The third-order valence-corrected chi connectivity index (χ3v) is 9.30. The SMILES string of the molecule is CCC1(OC(=O)COC(=O)C23CC4CC(C2)C(OC(=O)C(F)(F)S(=O)(=O)O)C(C4)C3)CCCCC1. The summed E-state index contributed by atoms with van der Waals surface area (Å²) in [5, 5.41) is -5.06. The van der Waals surface area contributed by atoms with Crippen LogP contribution in [0.5, 0.6) is 0 Å². The van der Waals surface area contributed by atoms with Crippen molar-refractivity contribution in [3.05, 3.63) is 0 Å². The smallest absolute Gasteiger partial charge is 0.457 e. The Hall–Kier alpha value is -1.82. The van der Waals surface area contributed by atoms with Crippen LogP contribution in [0, 0.1) is 23.2 Å². The number of hydrogen-bond donors (Lipinski definition) is 1. The van der Waals surface area contributed by atoms with Gasteiger partial charge in [-0.1, -0.05) is 13.3 Å². The maximum Gasteiger partial charge on any atom is 0.465 e. The average molecular weight is 523 g/mol. The summed E-state index contributed by atoms with van der Waals surface area (Å²) >= 11 is 0. The van der Waals surface area contributed by atoms with E-state index in [1.807, 2.05) is 6.92 Å². The predicted molar refractivity (Wildman–Crippen MR) is 116 cm³/mol. The first-order chi connectivity index (χ1) is 16.3. The normalized spacial score (nSPS) is 33.7. The molecule has 0 aromatic heterocycles. The summed E-state index contributed by atoms with van der Waals surface area (Å²) in [6.07, 6.45) is 6.43. The van der Waals surface area contributed by atoms with E-state index in [2.05, 4.69) is 0 Å². The van der Waals surface area contributed by atoms with Crippen LogP contribution >= 0.6 is 0 Å². The number of carbonyl (C=O) groups is 3. The van der Waals surface area contributed by atoms with Gasteiger partial charge in [0.25, 0.3) is 0 Å². The number of hydrogen-bond acceptors (Lipinski definition) is 8. The fourth-order valence-corrected chi connectivity index (χ4v) is 7.25. The number of halogens is 2.